The van der Waals surface area contributed by atoms with E-state index in [9.17, 15) is 49.2 Å². The number of hydrogen-bond acceptors (Lipinski definition) is 14. The van der Waals surface area contributed by atoms with E-state index in [0.29, 0.717) is 61.4 Å². The van der Waals surface area contributed by atoms with Crippen molar-refractivity contribution >= 4 is 83.8 Å². The summed E-state index contributed by atoms with van der Waals surface area (Å²) in [5.41, 5.74) is -0.118. The molecule has 4 atom stereocenters. The molecule has 5 aromatic rings. The lowest BCUT2D eigenvalue weighted by atomic mass is 9.73. The summed E-state index contributed by atoms with van der Waals surface area (Å²) in [7, 11) is -11.1. The van der Waals surface area contributed by atoms with E-state index in [1.54, 1.807) is 18.2 Å². The monoisotopic (exact) mass is 1260 g/mol. The second kappa shape index (κ2) is 24.7. The summed E-state index contributed by atoms with van der Waals surface area (Å²) in [6.45, 7) is 10.5. The van der Waals surface area contributed by atoms with Crippen LogP contribution >= 0.6 is 23.4 Å². The highest BCUT2D eigenvalue weighted by atomic mass is 35.5. The Labute approximate surface area is 507 Å². The molecule has 0 saturated carbocycles. The molecule has 6 heterocycles. The predicted molar refractivity (Wildman–Crippen MR) is 321 cm³/mol. The number of amides is 4. The first-order chi connectivity index (χ1) is 40.9. The Kier molecular flexibility index (Phi) is 17.6. The standard InChI is InChI=1S/C62H67ClF4N8O8S3/c1-61(2)22-20-51(39-8-12-44(63)13-9-39)43(32-61)33-71-24-26-73(27-25-71)46-14-10-40(11-15-46)58(77)70-86(82,83)50-16-17-54(56(30-50)85(80,81)62(65,66)67)68-45(38-84-49-6-4-3-5-7-49)21-23-72-36-47-29-48(37-72)74(47)35-42-28-41-34-75(60(79)52(41)31-53(42)64)55-18-19-57(76)69-59(55)78/h3-17,28,30-31,45,47-48,55,68H,18-27,29,32-38H2,1-2H3,(H,70,77)(H,69,76,78)/t45-,47?,48?,55?/m1/s1. The molecule has 7 aliphatic rings. The van der Waals surface area contributed by atoms with Gasteiger partial charge in [-0.05, 0) is 140 Å². The molecule has 3 unspecified atom stereocenters. The van der Waals surface area contributed by atoms with Crippen molar-refractivity contribution in [2.75, 3.05) is 68.3 Å². The van der Waals surface area contributed by atoms with E-state index in [1.165, 1.54) is 51.6 Å². The maximum absolute atomic E-state index is 15.7. The topological polar surface area (TPSA) is 189 Å². The van der Waals surface area contributed by atoms with Crippen molar-refractivity contribution in [2.45, 2.75) is 116 Å². The van der Waals surface area contributed by atoms with E-state index in [2.05, 4.69) is 56.2 Å². The van der Waals surface area contributed by atoms with Crippen molar-refractivity contribution in [3.05, 3.63) is 153 Å². The Morgan fingerprint density at radius 1 is 0.849 bits per heavy atom. The highest BCUT2D eigenvalue weighted by molar-refractivity contribution is 7.99. The van der Waals surface area contributed by atoms with Crippen molar-refractivity contribution in [3.63, 3.8) is 0 Å². The lowest BCUT2D eigenvalue weighted by Gasteiger charge is -2.56. The molecule has 86 heavy (non-hydrogen) atoms. The summed E-state index contributed by atoms with van der Waals surface area (Å²) in [6.07, 6.45) is 4.55. The third-order valence-electron chi connectivity index (χ3n) is 17.5. The quantitative estimate of drug-likeness (QED) is 0.0403. The molecule has 1 aliphatic carbocycles. The van der Waals surface area contributed by atoms with Gasteiger partial charge in [-0.1, -0.05) is 61.4 Å². The largest absolute Gasteiger partial charge is 0.501 e. The van der Waals surface area contributed by atoms with Gasteiger partial charge in [-0.15, -0.1) is 11.8 Å². The number of fused-ring (bicyclic) bond motifs is 3. The number of benzene rings is 5. The number of piperidine rings is 2. The third-order valence-corrected chi connectivity index (χ3v) is 21.8. The fraction of sp³-hybridized carbons (Fsp3) is 0.419. The first kappa shape index (κ1) is 61.3. The van der Waals surface area contributed by atoms with Gasteiger partial charge in [0.05, 0.1) is 10.6 Å². The molecule has 456 valence electrons. The van der Waals surface area contributed by atoms with Crippen LogP contribution in [0.5, 0.6) is 0 Å². The van der Waals surface area contributed by atoms with E-state index in [-0.39, 0.29) is 60.3 Å². The van der Waals surface area contributed by atoms with Crippen LogP contribution < -0.4 is 20.3 Å². The molecule has 16 nitrogen and oxygen atoms in total. The summed E-state index contributed by atoms with van der Waals surface area (Å²) in [5.74, 6) is -2.76. The van der Waals surface area contributed by atoms with E-state index in [0.717, 1.165) is 68.0 Å². The summed E-state index contributed by atoms with van der Waals surface area (Å²) in [5, 5.41) is 6.00. The SMILES string of the molecule is CC1(C)CCC(c2ccc(Cl)cc2)=C(CN2CCN(c3ccc(C(=O)NS(=O)(=O)c4ccc(N[C@H](CCN5CC6CC(C5)N6Cc5cc6c(cc5F)C(=O)N(C5CCC(=O)NC5=O)C6)CSc5ccccc5)c(S(=O)(=O)C(F)(F)F)c4)cc3)CC2)C1. The van der Waals surface area contributed by atoms with E-state index in [1.807, 2.05) is 47.2 Å². The Morgan fingerprint density at radius 3 is 2.24 bits per heavy atom. The van der Waals surface area contributed by atoms with Gasteiger partial charge in [0.2, 0.25) is 11.8 Å². The number of carbonyl (C=O) groups excluding carboxylic acids is 4. The zero-order chi connectivity index (χ0) is 60.9. The van der Waals surface area contributed by atoms with E-state index >= 15 is 4.39 Å². The van der Waals surface area contributed by atoms with Gasteiger partial charge in [-0.3, -0.25) is 34.3 Å². The smallest absolute Gasteiger partial charge is 0.380 e. The number of halogens is 5. The molecule has 0 radical (unpaired) electrons. The molecule has 0 aromatic heterocycles. The van der Waals surface area contributed by atoms with Gasteiger partial charge < -0.3 is 20.0 Å². The Balaban J connectivity index is 0.729. The van der Waals surface area contributed by atoms with Crippen LogP contribution in [0.1, 0.15) is 96.2 Å². The van der Waals surface area contributed by atoms with Crippen LogP contribution in [-0.4, -0.2) is 148 Å². The molecular formula is C62H67ClF4N8O8S3. The second-order valence-electron chi connectivity index (χ2n) is 24.0. The minimum absolute atomic E-state index is 0.0373. The number of nitrogens with zero attached hydrogens (tertiary/aromatic N) is 5. The fourth-order valence-electron chi connectivity index (χ4n) is 12.8. The number of allylic oxidation sites excluding steroid dienone is 1. The van der Waals surface area contributed by atoms with Gasteiger partial charge >= 0.3 is 5.51 Å². The number of nitrogens with one attached hydrogen (secondary N) is 3. The first-order valence-corrected chi connectivity index (χ1v) is 33.2. The summed E-state index contributed by atoms with van der Waals surface area (Å²) < 4.78 is 116. The van der Waals surface area contributed by atoms with Crippen LogP contribution in [0.2, 0.25) is 5.02 Å². The number of sulfonamides is 1. The normalized spacial score (nSPS) is 21.7. The molecule has 4 amide bonds. The molecule has 12 rings (SSSR count). The molecule has 5 saturated heterocycles. The second-order valence-corrected chi connectivity index (χ2v) is 29.1. The molecule has 2 bridgehead atoms. The lowest BCUT2D eigenvalue weighted by molar-refractivity contribution is -0.136. The first-order valence-electron chi connectivity index (χ1n) is 28.8. The number of rotatable bonds is 19. The fourth-order valence-corrected chi connectivity index (χ4v) is 16.0. The van der Waals surface area contributed by atoms with Crippen molar-refractivity contribution in [3.8, 4) is 0 Å². The zero-order valence-electron chi connectivity index (χ0n) is 47.5. The number of anilines is 2. The number of thioether (sulfide) groups is 1. The van der Waals surface area contributed by atoms with E-state index in [4.69, 9.17) is 11.6 Å². The highest BCUT2D eigenvalue weighted by Gasteiger charge is 2.49. The summed E-state index contributed by atoms with van der Waals surface area (Å²) >= 11 is 7.61. The van der Waals surface area contributed by atoms with Gasteiger partial charge in [-0.25, -0.2) is 25.9 Å². The number of sulfone groups is 1. The summed E-state index contributed by atoms with van der Waals surface area (Å²) in [4.78, 5) is 60.3. The van der Waals surface area contributed by atoms with Crippen molar-refractivity contribution < 1.29 is 53.6 Å². The maximum Gasteiger partial charge on any atom is 0.501 e. The maximum atomic E-state index is 15.7. The van der Waals surface area contributed by atoms with Gasteiger partial charge in [0, 0.05) is 128 Å². The van der Waals surface area contributed by atoms with Crippen molar-refractivity contribution in [1.29, 1.82) is 0 Å². The van der Waals surface area contributed by atoms with Crippen LogP contribution in [0.15, 0.2) is 129 Å². The molecule has 5 aromatic carbocycles. The minimum Gasteiger partial charge on any atom is -0.380 e. The van der Waals surface area contributed by atoms with Gasteiger partial charge in [-0.2, -0.15) is 13.2 Å². The molecule has 24 heteroatoms. The van der Waals surface area contributed by atoms with Crippen molar-refractivity contribution in [2.24, 2.45) is 5.41 Å². The molecule has 0 spiro atoms. The third kappa shape index (κ3) is 13.4. The van der Waals surface area contributed by atoms with Crippen LogP contribution in [0.4, 0.5) is 28.9 Å². The van der Waals surface area contributed by atoms with Crippen molar-refractivity contribution in [1.82, 2.24) is 29.6 Å². The molecule has 5 fully saturated rings. The Morgan fingerprint density at radius 2 is 1.56 bits per heavy atom. The van der Waals surface area contributed by atoms with Gasteiger partial charge in [0.25, 0.3) is 31.7 Å². The average Bonchev–Trinajstić information content (AvgIpc) is 2.56. The van der Waals surface area contributed by atoms with E-state index < -0.39 is 82.4 Å². The van der Waals surface area contributed by atoms with Crippen LogP contribution in [-0.2, 0) is 42.5 Å². The minimum atomic E-state index is -6.17. The number of imide groups is 1. The molecule has 3 N–H and O–H groups in total. The van der Waals surface area contributed by atoms with Crippen LogP contribution in [0.3, 0.4) is 0 Å². The lowest BCUT2D eigenvalue weighted by Crippen LogP contribution is -2.68. The number of hydrogen-bond donors (Lipinski definition) is 3. The summed E-state index contributed by atoms with van der Waals surface area (Å²) in [6, 6.07) is 27.5. The van der Waals surface area contributed by atoms with Crippen LogP contribution in [0, 0.1) is 11.2 Å². The van der Waals surface area contributed by atoms with Crippen LogP contribution in [0.25, 0.3) is 5.57 Å². The average molecular weight is 1260 g/mol. The Bertz CT molecular complexity index is 3690. The predicted octanol–water partition coefficient (Wildman–Crippen LogP) is 9.36. The van der Waals surface area contributed by atoms with Gasteiger partial charge in [0.1, 0.15) is 16.8 Å². The number of alkyl halides is 3. The molecule has 6 aliphatic heterocycles. The molecular weight excluding hydrogens is 1190 g/mol. The Hall–Kier alpha value is -6.34. The number of carbonyl (C=O) groups is 4. The number of piperazine rings is 2. The van der Waals surface area contributed by atoms with Gasteiger partial charge in [0.15, 0.2) is 0 Å². The highest BCUT2D eigenvalue weighted by Crippen LogP contribution is 2.44. The zero-order valence-corrected chi connectivity index (χ0v) is 50.8.